The molecule has 2 nitrogen and oxygen atoms in total. The number of hydrogen-bond acceptors (Lipinski definition) is 0. The molecule has 0 aliphatic rings. The topological polar surface area (TPSA) is 63.0 Å². The average Bonchev–Trinajstić information content (AvgIpc) is 2.17. The SMILES string of the molecule is CCC[CH2][Sn]([CH2]CCC)[CH2]CCC.O.O. The van der Waals surface area contributed by atoms with Gasteiger partial charge in [-0.05, 0) is 0 Å². The van der Waals surface area contributed by atoms with Crippen molar-refractivity contribution in [2.45, 2.75) is 72.6 Å². The molecule has 0 aliphatic carbocycles. The van der Waals surface area contributed by atoms with Crippen LogP contribution in [0.25, 0.3) is 0 Å². The number of hydrogen-bond donors (Lipinski definition) is 0. The summed E-state index contributed by atoms with van der Waals surface area (Å²) in [7, 11) is 0. The number of unbranched alkanes of at least 4 members (excludes halogenated alkanes) is 3. The second kappa shape index (κ2) is 17.1. The van der Waals surface area contributed by atoms with Crippen molar-refractivity contribution in [1.82, 2.24) is 0 Å². The Morgan fingerprint density at radius 3 is 1.07 bits per heavy atom. The van der Waals surface area contributed by atoms with Crippen molar-refractivity contribution in [1.29, 1.82) is 0 Å². The van der Waals surface area contributed by atoms with Crippen molar-refractivity contribution in [2.24, 2.45) is 0 Å². The van der Waals surface area contributed by atoms with E-state index in [1.165, 1.54) is 38.5 Å². The summed E-state index contributed by atoms with van der Waals surface area (Å²) in [5, 5.41) is 0. The van der Waals surface area contributed by atoms with E-state index in [9.17, 15) is 0 Å². The molecular weight excluding hydrogens is 295 g/mol. The van der Waals surface area contributed by atoms with Gasteiger partial charge in [-0.3, -0.25) is 0 Å². The Morgan fingerprint density at radius 1 is 0.600 bits per heavy atom. The summed E-state index contributed by atoms with van der Waals surface area (Å²) in [6.45, 7) is 7.00. The van der Waals surface area contributed by atoms with Crippen molar-refractivity contribution in [3.05, 3.63) is 0 Å². The zero-order valence-corrected chi connectivity index (χ0v) is 13.7. The molecule has 0 saturated heterocycles. The van der Waals surface area contributed by atoms with Crippen LogP contribution >= 0.6 is 0 Å². The Morgan fingerprint density at radius 2 is 0.867 bits per heavy atom. The molecule has 0 fully saturated rings. The van der Waals surface area contributed by atoms with Crippen LogP contribution in [0.3, 0.4) is 0 Å². The van der Waals surface area contributed by atoms with Crippen molar-refractivity contribution < 1.29 is 11.0 Å². The molecule has 0 rings (SSSR count). The van der Waals surface area contributed by atoms with Crippen LogP contribution in [0.4, 0.5) is 0 Å². The fourth-order valence-electron chi connectivity index (χ4n) is 1.66. The molecule has 0 aromatic carbocycles. The van der Waals surface area contributed by atoms with E-state index in [4.69, 9.17) is 0 Å². The normalized spacial score (nSPS) is 9.60. The molecule has 95 valence electrons. The Hall–Kier alpha value is 0.719. The standard InChI is InChI=1S/3C4H9.2H2O.Sn/c3*1-3-4-2;;;/h3*1,3-4H2,2H3;2*1H2;. The summed E-state index contributed by atoms with van der Waals surface area (Å²) in [5.41, 5.74) is 0. The second-order valence-electron chi connectivity index (χ2n) is 4.06. The van der Waals surface area contributed by atoms with Crippen LogP contribution in [0.2, 0.25) is 13.3 Å². The van der Waals surface area contributed by atoms with Crippen LogP contribution in [-0.2, 0) is 0 Å². The predicted octanol–water partition coefficient (Wildman–Crippen LogP) is 3.23. The van der Waals surface area contributed by atoms with Crippen molar-refractivity contribution in [3.63, 3.8) is 0 Å². The minimum Gasteiger partial charge on any atom is -0.412 e. The van der Waals surface area contributed by atoms with E-state index in [1.54, 1.807) is 13.3 Å². The first-order chi connectivity index (χ1) is 6.35. The van der Waals surface area contributed by atoms with Gasteiger partial charge in [0.25, 0.3) is 0 Å². The van der Waals surface area contributed by atoms with E-state index in [2.05, 4.69) is 20.8 Å². The monoisotopic (exact) mass is 327 g/mol. The van der Waals surface area contributed by atoms with Crippen LogP contribution in [-0.4, -0.2) is 30.7 Å². The third-order valence-corrected chi connectivity index (χ3v) is 11.7. The summed E-state index contributed by atoms with van der Waals surface area (Å²) in [6.07, 6.45) is 8.85. The molecular formula is C12H31O2Sn. The molecule has 0 unspecified atom stereocenters. The van der Waals surface area contributed by atoms with Gasteiger partial charge in [-0.15, -0.1) is 0 Å². The Balaban J connectivity index is -0.000000720. The fourth-order valence-corrected chi connectivity index (χ4v) is 11.1. The van der Waals surface area contributed by atoms with E-state index >= 15 is 0 Å². The summed E-state index contributed by atoms with van der Waals surface area (Å²) in [6, 6.07) is 0. The van der Waals surface area contributed by atoms with E-state index in [1.807, 2.05) is 0 Å². The molecule has 3 heteroatoms. The van der Waals surface area contributed by atoms with Gasteiger partial charge in [-0.2, -0.15) is 0 Å². The van der Waals surface area contributed by atoms with Gasteiger partial charge in [0.05, 0.1) is 0 Å². The molecule has 0 saturated carbocycles. The first-order valence-corrected chi connectivity index (χ1v) is 12.2. The zero-order valence-electron chi connectivity index (χ0n) is 10.9. The minimum absolute atomic E-state index is 0. The molecule has 0 bridgehead atoms. The van der Waals surface area contributed by atoms with Crippen molar-refractivity contribution in [3.8, 4) is 0 Å². The molecule has 0 atom stereocenters. The van der Waals surface area contributed by atoms with Crippen LogP contribution in [0, 0.1) is 0 Å². The van der Waals surface area contributed by atoms with Crippen molar-refractivity contribution >= 4 is 19.8 Å². The Labute approximate surface area is 103 Å². The van der Waals surface area contributed by atoms with Crippen molar-refractivity contribution in [2.75, 3.05) is 0 Å². The van der Waals surface area contributed by atoms with E-state index in [-0.39, 0.29) is 11.0 Å². The third kappa shape index (κ3) is 14.7. The van der Waals surface area contributed by atoms with Gasteiger partial charge in [0, 0.05) is 0 Å². The number of rotatable bonds is 9. The van der Waals surface area contributed by atoms with Gasteiger partial charge >= 0.3 is 92.4 Å². The zero-order chi connectivity index (χ0) is 9.94. The third-order valence-electron chi connectivity index (χ3n) is 2.65. The molecule has 0 amide bonds. The molecule has 0 aromatic heterocycles. The van der Waals surface area contributed by atoms with Gasteiger partial charge in [0.2, 0.25) is 0 Å². The molecule has 4 N–H and O–H groups in total. The quantitative estimate of drug-likeness (QED) is 0.584. The van der Waals surface area contributed by atoms with E-state index in [0.717, 1.165) is 0 Å². The van der Waals surface area contributed by atoms with Gasteiger partial charge < -0.3 is 11.0 Å². The molecule has 0 spiro atoms. The second-order valence-corrected chi connectivity index (χ2v) is 12.6. The summed E-state index contributed by atoms with van der Waals surface area (Å²) in [5.74, 6) is 0. The molecule has 15 heavy (non-hydrogen) atoms. The Bertz CT molecular complexity index is 80.6. The molecule has 0 aromatic rings. The maximum absolute atomic E-state index is 2.33. The first kappa shape index (κ1) is 21.1. The largest absolute Gasteiger partial charge is 0.412 e. The van der Waals surface area contributed by atoms with Gasteiger partial charge in [-0.25, -0.2) is 0 Å². The summed E-state index contributed by atoms with van der Waals surface area (Å²) in [4.78, 5) is 0. The van der Waals surface area contributed by atoms with Gasteiger partial charge in [0.15, 0.2) is 0 Å². The average molecular weight is 326 g/mol. The van der Waals surface area contributed by atoms with Crippen LogP contribution in [0.1, 0.15) is 59.3 Å². The molecule has 1 radical (unpaired) electrons. The van der Waals surface area contributed by atoms with E-state index in [0.29, 0.717) is 0 Å². The molecule has 0 aliphatic heterocycles. The minimum atomic E-state index is -0.839. The molecule has 0 heterocycles. The predicted molar refractivity (Wildman–Crippen MR) is 72.1 cm³/mol. The van der Waals surface area contributed by atoms with Gasteiger partial charge in [0.1, 0.15) is 0 Å². The smallest absolute Gasteiger partial charge is 0.412 e. The van der Waals surface area contributed by atoms with Crippen LogP contribution < -0.4 is 0 Å². The maximum Gasteiger partial charge on any atom is -0.412 e. The summed E-state index contributed by atoms with van der Waals surface area (Å²) < 4.78 is 5.04. The Kier molecular flexibility index (Phi) is 24.0. The summed E-state index contributed by atoms with van der Waals surface area (Å²) >= 11 is -0.839. The first-order valence-electron chi connectivity index (χ1n) is 6.18. The van der Waals surface area contributed by atoms with Gasteiger partial charge in [-0.1, -0.05) is 0 Å². The van der Waals surface area contributed by atoms with E-state index < -0.39 is 19.8 Å². The van der Waals surface area contributed by atoms with Crippen LogP contribution in [0.15, 0.2) is 0 Å². The maximum atomic E-state index is 2.33. The fraction of sp³-hybridized carbons (Fsp3) is 1.00. The van der Waals surface area contributed by atoms with Crippen LogP contribution in [0.5, 0.6) is 0 Å².